The fraction of sp³-hybridized carbons (Fsp3) is 0.409. The zero-order valence-electron chi connectivity index (χ0n) is 17.6. The van der Waals surface area contributed by atoms with Crippen molar-refractivity contribution in [2.75, 3.05) is 25.0 Å². The lowest BCUT2D eigenvalue weighted by molar-refractivity contribution is -0.136. The lowest BCUT2D eigenvalue weighted by Gasteiger charge is -2.27. The van der Waals surface area contributed by atoms with E-state index >= 15 is 0 Å². The molecule has 1 aromatic rings. The number of nitrogens with zero attached hydrogens (tertiary/aromatic N) is 2. The van der Waals surface area contributed by atoms with Gasteiger partial charge in [-0.25, -0.2) is 0 Å². The maximum absolute atomic E-state index is 13.1. The van der Waals surface area contributed by atoms with Crippen LogP contribution in [-0.4, -0.2) is 66.5 Å². The van der Waals surface area contributed by atoms with E-state index in [-0.39, 0.29) is 30.0 Å². The van der Waals surface area contributed by atoms with Crippen LogP contribution < -0.4 is 21.7 Å². The molecule has 10 nitrogen and oxygen atoms in total. The maximum Gasteiger partial charge on any atom is 0.264 e. The van der Waals surface area contributed by atoms with Gasteiger partial charge >= 0.3 is 0 Å². The number of hydrogen-bond donors (Lipinski definition) is 4. The molecular formula is C22H26N6O4. The average molecular weight is 438 g/mol. The number of nitrogens with two attached hydrogens (primary N) is 1. The van der Waals surface area contributed by atoms with Crippen molar-refractivity contribution in [2.24, 2.45) is 10.7 Å². The molecule has 3 aliphatic rings. The van der Waals surface area contributed by atoms with E-state index in [9.17, 15) is 19.2 Å². The monoisotopic (exact) mass is 438 g/mol. The Morgan fingerprint density at radius 1 is 1.16 bits per heavy atom. The smallest absolute Gasteiger partial charge is 0.264 e. The van der Waals surface area contributed by atoms with Crippen molar-refractivity contribution >= 4 is 35.5 Å². The predicted octanol–water partition coefficient (Wildman–Crippen LogP) is 0.165. The third kappa shape index (κ3) is 4.26. The number of imide groups is 2. The molecule has 1 atom stereocenters. The molecule has 0 saturated carbocycles. The molecule has 32 heavy (non-hydrogen) atoms. The predicted molar refractivity (Wildman–Crippen MR) is 118 cm³/mol. The van der Waals surface area contributed by atoms with Crippen LogP contribution in [0.2, 0.25) is 0 Å². The molecular weight excluding hydrogens is 412 g/mol. The van der Waals surface area contributed by atoms with Crippen molar-refractivity contribution in [1.82, 2.24) is 15.5 Å². The molecule has 4 rings (SSSR count). The van der Waals surface area contributed by atoms with Crippen LogP contribution in [0.5, 0.6) is 0 Å². The van der Waals surface area contributed by atoms with Gasteiger partial charge in [0, 0.05) is 36.6 Å². The number of fused-ring (bicyclic) bond motifs is 1. The van der Waals surface area contributed by atoms with Crippen molar-refractivity contribution in [2.45, 2.75) is 37.8 Å². The van der Waals surface area contributed by atoms with Crippen molar-refractivity contribution in [3.05, 3.63) is 41.1 Å². The zero-order chi connectivity index (χ0) is 22.7. The Bertz CT molecular complexity index is 1010. The standard InChI is InChI=1S/C22H26N6O4/c23-10-13(11-25-14-6-8-24-9-7-14)12-26-16-3-1-2-15-19(16)22(32)28(21(15)31)17-4-5-18(29)27-20(17)30/h1-3,10-11,14,17,24,26H,4-9,12,23H2,(H,27,29,30)/b13-10+,25-11?. The molecule has 2 saturated heterocycles. The number of amides is 4. The summed E-state index contributed by atoms with van der Waals surface area (Å²) in [6, 6.07) is 4.20. The molecule has 10 heteroatoms. The van der Waals surface area contributed by atoms with E-state index in [0.29, 0.717) is 12.2 Å². The number of hydrogen-bond acceptors (Lipinski definition) is 8. The molecule has 1 aromatic carbocycles. The van der Waals surface area contributed by atoms with E-state index in [0.717, 1.165) is 36.4 Å². The molecule has 2 fully saturated rings. The van der Waals surface area contributed by atoms with E-state index in [1.807, 2.05) is 0 Å². The Hall–Kier alpha value is -3.53. The molecule has 4 amide bonds. The summed E-state index contributed by atoms with van der Waals surface area (Å²) >= 11 is 0. The fourth-order valence-corrected chi connectivity index (χ4v) is 4.16. The average Bonchev–Trinajstić information content (AvgIpc) is 3.05. The first-order valence-electron chi connectivity index (χ1n) is 10.7. The van der Waals surface area contributed by atoms with Crippen molar-refractivity contribution in [3.63, 3.8) is 0 Å². The molecule has 0 aliphatic carbocycles. The SMILES string of the molecule is N/C=C(\C=NC1CCNCC1)CNc1cccc2c1C(=O)N(C1CCC(=O)NC1=O)C2=O. The Morgan fingerprint density at radius 2 is 1.94 bits per heavy atom. The van der Waals surface area contributed by atoms with Gasteiger partial charge in [0.25, 0.3) is 11.8 Å². The number of carbonyl (C=O) groups is 4. The normalized spacial score (nSPS) is 22.4. The summed E-state index contributed by atoms with van der Waals surface area (Å²) in [6.07, 6.45) is 5.35. The lowest BCUT2D eigenvalue weighted by Crippen LogP contribution is -2.54. The van der Waals surface area contributed by atoms with Gasteiger partial charge in [-0.3, -0.25) is 34.4 Å². The topological polar surface area (TPSA) is 146 Å². The molecule has 0 radical (unpaired) electrons. The van der Waals surface area contributed by atoms with Gasteiger partial charge in [0.2, 0.25) is 11.8 Å². The lowest BCUT2D eigenvalue weighted by atomic mass is 10.0. The molecule has 1 unspecified atom stereocenters. The summed E-state index contributed by atoms with van der Waals surface area (Å²) in [6.45, 7) is 2.21. The Balaban J connectivity index is 1.48. The first-order valence-corrected chi connectivity index (χ1v) is 10.7. The first-order chi connectivity index (χ1) is 15.5. The van der Waals surface area contributed by atoms with E-state index < -0.39 is 29.7 Å². The number of aliphatic imine (C=N–C) groups is 1. The number of piperidine rings is 2. The highest BCUT2D eigenvalue weighted by atomic mass is 16.2. The summed E-state index contributed by atoms with van der Waals surface area (Å²) in [4.78, 5) is 55.3. The Labute approximate surface area is 185 Å². The summed E-state index contributed by atoms with van der Waals surface area (Å²) in [5.41, 5.74) is 7.43. The van der Waals surface area contributed by atoms with E-state index in [2.05, 4.69) is 20.9 Å². The number of nitrogens with one attached hydrogen (secondary N) is 3. The van der Waals surface area contributed by atoms with Gasteiger partial charge in [-0.1, -0.05) is 6.07 Å². The summed E-state index contributed by atoms with van der Waals surface area (Å²) < 4.78 is 0. The summed E-state index contributed by atoms with van der Waals surface area (Å²) in [5, 5.41) is 8.66. The van der Waals surface area contributed by atoms with Crippen molar-refractivity contribution < 1.29 is 19.2 Å². The van der Waals surface area contributed by atoms with Crippen LogP contribution >= 0.6 is 0 Å². The third-order valence-corrected chi connectivity index (χ3v) is 5.93. The van der Waals surface area contributed by atoms with Crippen LogP contribution in [0.1, 0.15) is 46.4 Å². The second-order valence-electron chi connectivity index (χ2n) is 8.03. The van der Waals surface area contributed by atoms with Crippen LogP contribution in [0.4, 0.5) is 5.69 Å². The minimum absolute atomic E-state index is 0.0793. The molecule has 0 aromatic heterocycles. The minimum Gasteiger partial charge on any atom is -0.404 e. The van der Waals surface area contributed by atoms with Gasteiger partial charge in [-0.2, -0.15) is 0 Å². The quantitative estimate of drug-likeness (QED) is 0.366. The van der Waals surface area contributed by atoms with Gasteiger partial charge in [0.15, 0.2) is 0 Å². The van der Waals surface area contributed by atoms with Gasteiger partial charge in [0.05, 0.1) is 17.2 Å². The number of rotatable bonds is 6. The van der Waals surface area contributed by atoms with E-state index in [1.54, 1.807) is 24.4 Å². The van der Waals surface area contributed by atoms with Crippen LogP contribution in [0.3, 0.4) is 0 Å². The second-order valence-corrected chi connectivity index (χ2v) is 8.03. The number of carbonyl (C=O) groups excluding carboxylic acids is 4. The highest BCUT2D eigenvalue weighted by Crippen LogP contribution is 2.32. The molecule has 0 spiro atoms. The first kappa shape index (κ1) is 21.7. The van der Waals surface area contributed by atoms with Crippen LogP contribution in [-0.2, 0) is 9.59 Å². The molecule has 168 valence electrons. The zero-order valence-corrected chi connectivity index (χ0v) is 17.6. The summed E-state index contributed by atoms with van der Waals surface area (Å²) in [7, 11) is 0. The van der Waals surface area contributed by atoms with Crippen LogP contribution in [0, 0.1) is 0 Å². The largest absolute Gasteiger partial charge is 0.404 e. The van der Waals surface area contributed by atoms with Gasteiger partial charge in [0.1, 0.15) is 6.04 Å². The fourth-order valence-electron chi connectivity index (χ4n) is 4.16. The minimum atomic E-state index is -0.996. The van der Waals surface area contributed by atoms with Crippen molar-refractivity contribution in [1.29, 1.82) is 0 Å². The van der Waals surface area contributed by atoms with Gasteiger partial charge in [-0.15, -0.1) is 0 Å². The van der Waals surface area contributed by atoms with Gasteiger partial charge < -0.3 is 16.4 Å². The van der Waals surface area contributed by atoms with E-state index in [4.69, 9.17) is 5.73 Å². The molecule has 3 heterocycles. The Morgan fingerprint density at radius 3 is 2.66 bits per heavy atom. The Kier molecular flexibility index (Phi) is 6.31. The van der Waals surface area contributed by atoms with E-state index in [1.165, 1.54) is 6.20 Å². The highest BCUT2D eigenvalue weighted by molar-refractivity contribution is 6.25. The maximum atomic E-state index is 13.1. The van der Waals surface area contributed by atoms with Crippen molar-refractivity contribution in [3.8, 4) is 0 Å². The number of anilines is 1. The van der Waals surface area contributed by atoms with Crippen LogP contribution in [0.25, 0.3) is 0 Å². The third-order valence-electron chi connectivity index (χ3n) is 5.93. The van der Waals surface area contributed by atoms with Crippen LogP contribution in [0.15, 0.2) is 35.0 Å². The molecule has 3 aliphatic heterocycles. The number of benzene rings is 1. The molecule has 0 bridgehead atoms. The van der Waals surface area contributed by atoms with Gasteiger partial charge in [-0.05, 0) is 44.5 Å². The summed E-state index contributed by atoms with van der Waals surface area (Å²) in [5.74, 6) is -2.13. The molecule has 5 N–H and O–H groups in total. The second kappa shape index (κ2) is 9.31. The highest BCUT2D eigenvalue weighted by Gasteiger charge is 2.45.